The van der Waals surface area contributed by atoms with Crippen LogP contribution < -0.4 is 9.62 Å². The lowest BCUT2D eigenvalue weighted by molar-refractivity contribution is -0.114. The van der Waals surface area contributed by atoms with Crippen molar-refractivity contribution in [3.8, 4) is 0 Å². The van der Waals surface area contributed by atoms with E-state index >= 15 is 0 Å². The van der Waals surface area contributed by atoms with Crippen LogP contribution in [0.3, 0.4) is 0 Å². The average Bonchev–Trinajstić information content (AvgIpc) is 2.71. The van der Waals surface area contributed by atoms with Gasteiger partial charge in [0.2, 0.25) is 15.9 Å². The van der Waals surface area contributed by atoms with Gasteiger partial charge in [0.25, 0.3) is 0 Å². The van der Waals surface area contributed by atoms with Crippen LogP contribution in [-0.2, 0) is 19.6 Å². The highest BCUT2D eigenvalue weighted by Gasteiger charge is 2.23. The van der Waals surface area contributed by atoms with Crippen LogP contribution in [0.25, 0.3) is 10.8 Å². The maximum Gasteiger partial charge on any atom is 0.340 e. The van der Waals surface area contributed by atoms with E-state index in [1.807, 2.05) is 24.3 Å². The van der Waals surface area contributed by atoms with Crippen molar-refractivity contribution in [1.82, 2.24) is 0 Å². The lowest BCUT2D eigenvalue weighted by Crippen LogP contribution is -2.37. The van der Waals surface area contributed by atoms with Crippen LogP contribution in [0.4, 0.5) is 11.4 Å². The Morgan fingerprint density at radius 3 is 2.37 bits per heavy atom. The molecule has 0 radical (unpaired) electrons. The molecule has 0 aliphatic rings. The first-order valence-corrected chi connectivity index (χ1v) is 11.2. The minimum Gasteiger partial charge on any atom is -0.462 e. The molecule has 0 heterocycles. The normalized spacial score (nSPS) is 11.1. The molecular formula is C22H22N2O5S. The topological polar surface area (TPSA) is 92.8 Å². The summed E-state index contributed by atoms with van der Waals surface area (Å²) in [6, 6.07) is 19.0. The summed E-state index contributed by atoms with van der Waals surface area (Å²) in [6.07, 6.45) is 1.05. The maximum absolute atomic E-state index is 12.7. The molecular weight excluding hydrogens is 404 g/mol. The lowest BCUT2D eigenvalue weighted by Gasteiger charge is -2.23. The van der Waals surface area contributed by atoms with E-state index in [-0.39, 0.29) is 17.9 Å². The van der Waals surface area contributed by atoms with E-state index < -0.39 is 28.4 Å². The monoisotopic (exact) mass is 426 g/mol. The number of esters is 1. The van der Waals surface area contributed by atoms with Crippen molar-refractivity contribution in [2.24, 2.45) is 0 Å². The highest BCUT2D eigenvalue weighted by atomic mass is 32.2. The third kappa shape index (κ3) is 4.77. The number of benzene rings is 3. The smallest absolute Gasteiger partial charge is 0.340 e. The number of para-hydroxylation sites is 1. The molecule has 3 aromatic rings. The summed E-state index contributed by atoms with van der Waals surface area (Å²) in [4.78, 5) is 24.9. The quantitative estimate of drug-likeness (QED) is 0.585. The van der Waals surface area contributed by atoms with Crippen LogP contribution in [0.1, 0.15) is 17.3 Å². The number of carbonyl (C=O) groups excluding carboxylic acids is 2. The molecule has 0 saturated carbocycles. The van der Waals surface area contributed by atoms with Gasteiger partial charge in [-0.1, -0.05) is 48.5 Å². The molecule has 3 rings (SSSR count). The Morgan fingerprint density at radius 2 is 1.63 bits per heavy atom. The fourth-order valence-corrected chi connectivity index (χ4v) is 3.97. The second-order valence-corrected chi connectivity index (χ2v) is 8.49. The first-order chi connectivity index (χ1) is 14.3. The van der Waals surface area contributed by atoms with E-state index in [0.717, 1.165) is 15.9 Å². The number of carbonyl (C=O) groups is 2. The average molecular weight is 426 g/mol. The molecule has 3 aromatic carbocycles. The van der Waals surface area contributed by atoms with Crippen molar-refractivity contribution in [3.05, 3.63) is 72.3 Å². The van der Waals surface area contributed by atoms with Gasteiger partial charge in [0.05, 0.1) is 29.8 Å². The Bertz CT molecular complexity index is 1190. The highest BCUT2D eigenvalue weighted by molar-refractivity contribution is 7.92. The van der Waals surface area contributed by atoms with Crippen LogP contribution in [-0.4, -0.2) is 39.7 Å². The second kappa shape index (κ2) is 8.96. The molecule has 8 heteroatoms. The molecule has 0 saturated heterocycles. The number of fused-ring (bicyclic) bond motifs is 1. The first kappa shape index (κ1) is 21.3. The van der Waals surface area contributed by atoms with Crippen molar-refractivity contribution in [3.63, 3.8) is 0 Å². The number of hydrogen-bond acceptors (Lipinski definition) is 5. The number of ether oxygens (including phenoxy) is 1. The van der Waals surface area contributed by atoms with E-state index in [1.54, 1.807) is 43.3 Å². The van der Waals surface area contributed by atoms with Crippen molar-refractivity contribution >= 4 is 44.0 Å². The van der Waals surface area contributed by atoms with Gasteiger partial charge in [-0.2, -0.15) is 0 Å². The summed E-state index contributed by atoms with van der Waals surface area (Å²) in [5, 5.41) is 4.20. The first-order valence-electron chi connectivity index (χ1n) is 9.32. The Balaban J connectivity index is 1.91. The van der Waals surface area contributed by atoms with Crippen LogP contribution in [0.2, 0.25) is 0 Å². The predicted octanol–water partition coefficient (Wildman–Crippen LogP) is 3.42. The molecule has 0 fully saturated rings. The summed E-state index contributed by atoms with van der Waals surface area (Å²) in [5.41, 5.74) is 0.862. The predicted molar refractivity (Wildman–Crippen MR) is 117 cm³/mol. The van der Waals surface area contributed by atoms with Crippen LogP contribution in [0.5, 0.6) is 0 Å². The molecule has 0 unspecified atom stereocenters. The van der Waals surface area contributed by atoms with Crippen LogP contribution >= 0.6 is 0 Å². The molecule has 0 atom stereocenters. The minimum atomic E-state index is -3.75. The summed E-state index contributed by atoms with van der Waals surface area (Å²) in [6.45, 7) is 1.45. The van der Waals surface area contributed by atoms with E-state index in [4.69, 9.17) is 4.74 Å². The van der Waals surface area contributed by atoms with E-state index in [2.05, 4.69) is 5.32 Å². The maximum atomic E-state index is 12.7. The standard InChI is InChI=1S/C22H22N2O5S/c1-3-29-22(26)18-12-6-7-13-19(18)23-21(25)15-24(30(2,27)28)20-14-8-10-16-9-4-5-11-17(16)20/h4-14H,3,15H2,1-2H3,(H,23,25). The second-order valence-electron chi connectivity index (χ2n) is 6.58. The summed E-state index contributed by atoms with van der Waals surface area (Å²) in [7, 11) is -3.75. The molecule has 0 spiro atoms. The van der Waals surface area contributed by atoms with Gasteiger partial charge < -0.3 is 10.1 Å². The van der Waals surface area contributed by atoms with Crippen LogP contribution in [0, 0.1) is 0 Å². The summed E-state index contributed by atoms with van der Waals surface area (Å²) in [5.74, 6) is -1.15. The number of amides is 1. The Labute approximate surface area is 175 Å². The van der Waals surface area contributed by atoms with E-state index in [1.165, 1.54) is 6.07 Å². The van der Waals surface area contributed by atoms with Crippen molar-refractivity contribution < 1.29 is 22.7 Å². The highest BCUT2D eigenvalue weighted by Crippen LogP contribution is 2.28. The van der Waals surface area contributed by atoms with Gasteiger partial charge in [-0.3, -0.25) is 9.10 Å². The van der Waals surface area contributed by atoms with Gasteiger partial charge in [0.1, 0.15) is 6.54 Å². The zero-order chi connectivity index (χ0) is 21.7. The van der Waals surface area contributed by atoms with Crippen LogP contribution in [0.15, 0.2) is 66.7 Å². The minimum absolute atomic E-state index is 0.198. The lowest BCUT2D eigenvalue weighted by atomic mass is 10.1. The number of hydrogen-bond donors (Lipinski definition) is 1. The summed E-state index contributed by atoms with van der Waals surface area (Å²) < 4.78 is 31.1. The van der Waals surface area contributed by atoms with Crippen molar-refractivity contribution in [2.45, 2.75) is 6.92 Å². The zero-order valence-electron chi connectivity index (χ0n) is 16.7. The zero-order valence-corrected chi connectivity index (χ0v) is 17.5. The van der Waals surface area contributed by atoms with Gasteiger partial charge >= 0.3 is 5.97 Å². The fraction of sp³-hybridized carbons (Fsp3) is 0.182. The number of nitrogens with one attached hydrogen (secondary N) is 1. The summed E-state index contributed by atoms with van der Waals surface area (Å²) >= 11 is 0. The molecule has 156 valence electrons. The largest absolute Gasteiger partial charge is 0.462 e. The molecule has 1 N–H and O–H groups in total. The van der Waals surface area contributed by atoms with Crippen molar-refractivity contribution in [2.75, 3.05) is 29.0 Å². The fourth-order valence-electron chi connectivity index (χ4n) is 3.11. The molecule has 30 heavy (non-hydrogen) atoms. The Hall–Kier alpha value is -3.39. The molecule has 0 aliphatic carbocycles. The van der Waals surface area contributed by atoms with Gasteiger partial charge in [0, 0.05) is 5.39 Å². The van der Waals surface area contributed by atoms with E-state index in [9.17, 15) is 18.0 Å². The number of sulfonamides is 1. The van der Waals surface area contributed by atoms with E-state index in [0.29, 0.717) is 11.1 Å². The SMILES string of the molecule is CCOC(=O)c1ccccc1NC(=O)CN(c1cccc2ccccc12)S(C)(=O)=O. The van der Waals surface area contributed by atoms with Gasteiger partial charge in [0.15, 0.2) is 0 Å². The molecule has 0 aromatic heterocycles. The van der Waals surface area contributed by atoms with Crippen molar-refractivity contribution in [1.29, 1.82) is 0 Å². The third-order valence-electron chi connectivity index (χ3n) is 4.42. The molecule has 1 amide bonds. The van der Waals surface area contributed by atoms with Gasteiger partial charge in [-0.15, -0.1) is 0 Å². The van der Waals surface area contributed by atoms with Gasteiger partial charge in [-0.25, -0.2) is 13.2 Å². The molecule has 0 aliphatic heterocycles. The number of anilines is 2. The molecule has 7 nitrogen and oxygen atoms in total. The Kier molecular flexibility index (Phi) is 6.37. The van der Waals surface area contributed by atoms with Gasteiger partial charge in [-0.05, 0) is 30.5 Å². The molecule has 0 bridgehead atoms. The Morgan fingerprint density at radius 1 is 0.967 bits per heavy atom. The number of nitrogens with zero attached hydrogens (tertiary/aromatic N) is 1. The third-order valence-corrected chi connectivity index (χ3v) is 5.55. The number of rotatable bonds is 7.